The minimum atomic E-state index is -0.497. The highest BCUT2D eigenvalue weighted by molar-refractivity contribution is 9.10. The quantitative estimate of drug-likeness (QED) is 0.632. The van der Waals surface area contributed by atoms with E-state index in [9.17, 15) is 14.5 Å². The van der Waals surface area contributed by atoms with Gasteiger partial charge in [-0.05, 0) is 46.3 Å². The summed E-state index contributed by atoms with van der Waals surface area (Å²) in [6.45, 7) is 0.190. The van der Waals surface area contributed by atoms with Crippen molar-refractivity contribution in [2.24, 2.45) is 0 Å². The Morgan fingerprint density at radius 2 is 2.05 bits per heavy atom. The Kier molecular flexibility index (Phi) is 4.57. The van der Waals surface area contributed by atoms with E-state index >= 15 is 0 Å². The van der Waals surface area contributed by atoms with Crippen LogP contribution < -0.4 is 5.32 Å². The lowest BCUT2D eigenvalue weighted by atomic mass is 10.1. The van der Waals surface area contributed by atoms with E-state index in [1.54, 1.807) is 18.2 Å². The molecule has 20 heavy (non-hydrogen) atoms. The van der Waals surface area contributed by atoms with E-state index in [0.717, 1.165) is 0 Å². The molecule has 104 valence electrons. The predicted octanol–water partition coefficient (Wildman–Crippen LogP) is 4.76. The summed E-state index contributed by atoms with van der Waals surface area (Å²) < 4.78 is 13.8. The maximum absolute atomic E-state index is 13.1. The Labute approximate surface area is 127 Å². The van der Waals surface area contributed by atoms with E-state index in [-0.39, 0.29) is 18.0 Å². The molecule has 2 aromatic carbocycles. The Bertz CT molecular complexity index is 667. The van der Waals surface area contributed by atoms with E-state index < -0.39 is 4.92 Å². The number of rotatable bonds is 4. The van der Waals surface area contributed by atoms with E-state index in [4.69, 9.17) is 11.6 Å². The van der Waals surface area contributed by atoms with Crippen LogP contribution in [-0.2, 0) is 6.54 Å². The van der Waals surface area contributed by atoms with E-state index in [1.807, 2.05) is 0 Å². The van der Waals surface area contributed by atoms with Gasteiger partial charge in [0.15, 0.2) is 0 Å². The summed E-state index contributed by atoms with van der Waals surface area (Å²) in [7, 11) is 0. The molecule has 0 bridgehead atoms. The van der Waals surface area contributed by atoms with Gasteiger partial charge in [-0.1, -0.05) is 11.6 Å². The second-order valence-electron chi connectivity index (χ2n) is 4.01. The van der Waals surface area contributed by atoms with Gasteiger partial charge in [0.05, 0.1) is 10.6 Å². The van der Waals surface area contributed by atoms with Gasteiger partial charge in [0, 0.05) is 27.7 Å². The van der Waals surface area contributed by atoms with Crippen molar-refractivity contribution in [1.29, 1.82) is 0 Å². The summed E-state index contributed by atoms with van der Waals surface area (Å²) >= 11 is 9.02. The first-order chi connectivity index (χ1) is 9.47. The molecule has 0 spiro atoms. The standard InChI is InChI=1S/C13H9BrClFN2O2/c14-11-4-3-10(16)6-12(11)17-7-8-1-2-9(15)5-13(8)18(19)20/h1-6,17H,7H2. The van der Waals surface area contributed by atoms with Crippen LogP contribution in [0.1, 0.15) is 5.56 Å². The molecule has 0 amide bonds. The maximum atomic E-state index is 13.1. The number of nitrogens with zero attached hydrogens (tertiary/aromatic N) is 1. The van der Waals surface area contributed by atoms with E-state index in [0.29, 0.717) is 20.7 Å². The minimum absolute atomic E-state index is 0.0717. The average Bonchev–Trinajstić information content (AvgIpc) is 2.40. The van der Waals surface area contributed by atoms with Crippen LogP contribution in [0.25, 0.3) is 0 Å². The summed E-state index contributed by atoms with van der Waals surface area (Å²) in [5.74, 6) is -0.388. The van der Waals surface area contributed by atoms with Gasteiger partial charge in [-0.2, -0.15) is 0 Å². The SMILES string of the molecule is O=[N+]([O-])c1cc(Cl)ccc1CNc1cc(F)ccc1Br. The zero-order valence-corrected chi connectivity index (χ0v) is 12.4. The van der Waals surface area contributed by atoms with Crippen LogP contribution >= 0.6 is 27.5 Å². The second-order valence-corrected chi connectivity index (χ2v) is 5.30. The Morgan fingerprint density at radius 1 is 1.30 bits per heavy atom. The molecule has 0 radical (unpaired) electrons. The number of nitrogens with one attached hydrogen (secondary N) is 1. The van der Waals surface area contributed by atoms with Crippen LogP contribution in [0.5, 0.6) is 0 Å². The van der Waals surface area contributed by atoms with E-state index in [2.05, 4.69) is 21.2 Å². The molecule has 1 N–H and O–H groups in total. The predicted molar refractivity (Wildman–Crippen MR) is 79.5 cm³/mol. The molecule has 0 saturated carbocycles. The number of benzene rings is 2. The molecule has 0 aliphatic carbocycles. The van der Waals surface area contributed by atoms with Crippen molar-refractivity contribution < 1.29 is 9.31 Å². The molecule has 2 rings (SSSR count). The molecule has 0 aromatic heterocycles. The topological polar surface area (TPSA) is 55.2 Å². The highest BCUT2D eigenvalue weighted by Crippen LogP contribution is 2.27. The molecule has 7 heteroatoms. The molecule has 0 unspecified atom stereocenters. The fraction of sp³-hybridized carbons (Fsp3) is 0.0769. The van der Waals surface area contributed by atoms with Gasteiger partial charge in [-0.25, -0.2) is 4.39 Å². The third kappa shape index (κ3) is 3.46. The Balaban J connectivity index is 2.23. The van der Waals surface area contributed by atoms with Crippen LogP contribution in [0.2, 0.25) is 5.02 Å². The number of hydrogen-bond acceptors (Lipinski definition) is 3. The third-order valence-corrected chi connectivity index (χ3v) is 3.57. The molecule has 0 aliphatic heterocycles. The highest BCUT2D eigenvalue weighted by Gasteiger charge is 2.14. The molecule has 0 aliphatic rings. The largest absolute Gasteiger partial charge is 0.380 e. The Morgan fingerprint density at radius 3 is 2.75 bits per heavy atom. The van der Waals surface area contributed by atoms with E-state index in [1.165, 1.54) is 18.2 Å². The monoisotopic (exact) mass is 358 g/mol. The molecular weight excluding hydrogens is 351 g/mol. The van der Waals surface area contributed by atoms with Gasteiger partial charge < -0.3 is 5.32 Å². The molecule has 4 nitrogen and oxygen atoms in total. The number of halogens is 3. The van der Waals surface area contributed by atoms with Crippen LogP contribution in [0.4, 0.5) is 15.8 Å². The van der Waals surface area contributed by atoms with Crippen LogP contribution in [0.3, 0.4) is 0 Å². The van der Waals surface area contributed by atoms with Gasteiger partial charge >= 0.3 is 0 Å². The molecule has 0 fully saturated rings. The Hall–Kier alpha value is -1.66. The fourth-order valence-corrected chi connectivity index (χ4v) is 2.23. The first-order valence-corrected chi connectivity index (χ1v) is 6.76. The van der Waals surface area contributed by atoms with Gasteiger partial charge in [0.2, 0.25) is 0 Å². The zero-order valence-electron chi connectivity index (χ0n) is 10.1. The van der Waals surface area contributed by atoms with Gasteiger partial charge in [-0.15, -0.1) is 0 Å². The lowest BCUT2D eigenvalue weighted by molar-refractivity contribution is -0.385. The van der Waals surface area contributed by atoms with Crippen molar-refractivity contribution in [2.45, 2.75) is 6.54 Å². The molecule has 2 aromatic rings. The molecular formula is C13H9BrClFN2O2. The number of nitro groups is 1. The van der Waals surface area contributed by atoms with Crippen molar-refractivity contribution in [3.63, 3.8) is 0 Å². The van der Waals surface area contributed by atoms with Crippen molar-refractivity contribution in [3.8, 4) is 0 Å². The third-order valence-electron chi connectivity index (χ3n) is 2.64. The van der Waals surface area contributed by atoms with Gasteiger partial charge in [-0.3, -0.25) is 10.1 Å². The zero-order chi connectivity index (χ0) is 14.7. The number of anilines is 1. The van der Waals surface area contributed by atoms with Gasteiger partial charge in [0.1, 0.15) is 5.82 Å². The fourth-order valence-electron chi connectivity index (χ4n) is 1.68. The first kappa shape index (κ1) is 14.7. The smallest absolute Gasteiger partial charge is 0.275 e. The molecule has 0 atom stereocenters. The van der Waals surface area contributed by atoms with Crippen LogP contribution in [0.15, 0.2) is 40.9 Å². The number of hydrogen-bond donors (Lipinski definition) is 1. The molecule has 0 heterocycles. The summed E-state index contributed by atoms with van der Waals surface area (Å²) in [6, 6.07) is 8.63. The highest BCUT2D eigenvalue weighted by atomic mass is 79.9. The maximum Gasteiger partial charge on any atom is 0.275 e. The second kappa shape index (κ2) is 6.19. The van der Waals surface area contributed by atoms with Crippen LogP contribution in [-0.4, -0.2) is 4.92 Å². The summed E-state index contributed by atoms with van der Waals surface area (Å²) in [6.07, 6.45) is 0. The normalized spacial score (nSPS) is 10.3. The summed E-state index contributed by atoms with van der Waals surface area (Å²) in [5, 5.41) is 14.2. The van der Waals surface area contributed by atoms with Crippen molar-refractivity contribution in [1.82, 2.24) is 0 Å². The molecule has 0 saturated heterocycles. The first-order valence-electron chi connectivity index (χ1n) is 5.59. The summed E-state index contributed by atoms with van der Waals surface area (Å²) in [4.78, 5) is 10.5. The lowest BCUT2D eigenvalue weighted by Crippen LogP contribution is -2.04. The minimum Gasteiger partial charge on any atom is -0.380 e. The van der Waals surface area contributed by atoms with Crippen molar-refractivity contribution in [3.05, 3.63) is 67.4 Å². The average molecular weight is 360 g/mol. The van der Waals surface area contributed by atoms with Crippen molar-refractivity contribution in [2.75, 3.05) is 5.32 Å². The van der Waals surface area contributed by atoms with Crippen molar-refractivity contribution >= 4 is 38.9 Å². The van der Waals surface area contributed by atoms with Crippen LogP contribution in [0, 0.1) is 15.9 Å². The summed E-state index contributed by atoms with van der Waals surface area (Å²) in [5.41, 5.74) is 0.919. The number of nitro benzene ring substituents is 1. The lowest BCUT2D eigenvalue weighted by Gasteiger charge is -2.09. The van der Waals surface area contributed by atoms with Gasteiger partial charge in [0.25, 0.3) is 5.69 Å².